The number of carbonyl (C=O) groups is 3. The Kier molecular flexibility index (Phi) is 8.53. The number of piperazine rings is 1. The lowest BCUT2D eigenvalue weighted by molar-refractivity contribution is -0.120. The Morgan fingerprint density at radius 1 is 1.08 bits per heavy atom. The molecule has 0 aliphatic carbocycles. The number of cyclic esters (lactones) is 1. The number of unbranched alkanes of at least 4 members (excludes halogenated alkanes) is 3. The first-order valence-corrected chi connectivity index (χ1v) is 13.1. The molecule has 4 rings (SSSR count). The Labute approximate surface area is 217 Å². The van der Waals surface area contributed by atoms with Crippen LogP contribution < -0.4 is 10.2 Å². The van der Waals surface area contributed by atoms with Crippen LogP contribution in [0.2, 0.25) is 0 Å². The number of ether oxygens (including phenoxy) is 1. The smallest absolute Gasteiger partial charge is 0.338 e. The van der Waals surface area contributed by atoms with Crippen LogP contribution >= 0.6 is 12.2 Å². The zero-order valence-corrected chi connectivity index (χ0v) is 21.7. The quantitative estimate of drug-likeness (QED) is 0.169. The standard InChI is InChI=1S/C27H34N4O4S/c1-3-11-28-27(36)30-15-13-29(14-16-30)12-7-5-4-6-8-22-19(2)24(32)31(25(22)33)21-9-10-23-20(17-21)18-35-26(23)34/h3,9-10,17H,1,4-8,11-16,18H2,2H3,(H,28,36). The number of imide groups is 1. The Morgan fingerprint density at radius 3 is 2.58 bits per heavy atom. The van der Waals surface area contributed by atoms with E-state index >= 15 is 0 Å². The largest absolute Gasteiger partial charge is 0.457 e. The number of amides is 2. The highest BCUT2D eigenvalue weighted by molar-refractivity contribution is 7.80. The van der Waals surface area contributed by atoms with Crippen molar-refractivity contribution in [1.29, 1.82) is 0 Å². The highest BCUT2D eigenvalue weighted by atomic mass is 32.1. The van der Waals surface area contributed by atoms with Crippen molar-refractivity contribution in [1.82, 2.24) is 15.1 Å². The van der Waals surface area contributed by atoms with Crippen LogP contribution in [0, 0.1) is 0 Å². The number of carbonyl (C=O) groups excluding carboxylic acids is 3. The molecule has 0 bridgehead atoms. The fourth-order valence-electron chi connectivity index (χ4n) is 4.91. The Balaban J connectivity index is 1.17. The number of esters is 1. The third-order valence-electron chi connectivity index (χ3n) is 7.07. The maximum atomic E-state index is 13.1. The van der Waals surface area contributed by atoms with Gasteiger partial charge in [-0.15, -0.1) is 6.58 Å². The van der Waals surface area contributed by atoms with Gasteiger partial charge in [-0.05, 0) is 63.1 Å². The van der Waals surface area contributed by atoms with E-state index in [1.807, 2.05) is 6.08 Å². The molecule has 9 heteroatoms. The van der Waals surface area contributed by atoms with E-state index in [9.17, 15) is 14.4 Å². The van der Waals surface area contributed by atoms with Crippen molar-refractivity contribution in [3.8, 4) is 0 Å². The zero-order valence-electron chi connectivity index (χ0n) is 20.9. The molecular formula is C27H34N4O4S. The second kappa shape index (κ2) is 11.8. The van der Waals surface area contributed by atoms with Gasteiger partial charge in [0.1, 0.15) is 6.61 Å². The predicted molar refractivity (Wildman–Crippen MR) is 143 cm³/mol. The van der Waals surface area contributed by atoms with Gasteiger partial charge < -0.3 is 15.0 Å². The Bertz CT molecular complexity index is 1090. The molecule has 0 unspecified atom stereocenters. The van der Waals surface area contributed by atoms with Crippen molar-refractivity contribution >= 4 is 40.8 Å². The highest BCUT2D eigenvalue weighted by Gasteiger charge is 2.37. The number of anilines is 1. The maximum Gasteiger partial charge on any atom is 0.338 e. The average Bonchev–Trinajstić information content (AvgIpc) is 3.35. The minimum absolute atomic E-state index is 0.174. The number of fused-ring (bicyclic) bond motifs is 1. The molecule has 3 aliphatic heterocycles. The van der Waals surface area contributed by atoms with E-state index in [4.69, 9.17) is 17.0 Å². The zero-order chi connectivity index (χ0) is 25.7. The fourth-order valence-corrected chi connectivity index (χ4v) is 5.17. The molecule has 0 saturated carbocycles. The van der Waals surface area contributed by atoms with Crippen molar-refractivity contribution in [2.75, 3.05) is 44.2 Å². The number of nitrogens with zero attached hydrogens (tertiary/aromatic N) is 3. The predicted octanol–water partition coefficient (Wildman–Crippen LogP) is 3.18. The number of hydrogen-bond acceptors (Lipinski definition) is 6. The third kappa shape index (κ3) is 5.68. The van der Waals surface area contributed by atoms with Crippen LogP contribution in [0.4, 0.5) is 5.69 Å². The molecule has 2 amide bonds. The molecule has 0 aromatic heterocycles. The van der Waals surface area contributed by atoms with E-state index in [1.165, 1.54) is 4.90 Å². The van der Waals surface area contributed by atoms with E-state index in [0.29, 0.717) is 40.9 Å². The molecule has 1 aromatic carbocycles. The van der Waals surface area contributed by atoms with Crippen LogP contribution in [-0.4, -0.2) is 72.0 Å². The summed E-state index contributed by atoms with van der Waals surface area (Å²) < 4.78 is 5.03. The van der Waals surface area contributed by atoms with Gasteiger partial charge in [0, 0.05) is 49.4 Å². The molecule has 1 saturated heterocycles. The molecule has 192 valence electrons. The molecule has 0 spiro atoms. The minimum Gasteiger partial charge on any atom is -0.457 e. The van der Waals surface area contributed by atoms with E-state index in [1.54, 1.807) is 25.1 Å². The van der Waals surface area contributed by atoms with E-state index in [2.05, 4.69) is 21.7 Å². The molecule has 3 aliphatic rings. The Morgan fingerprint density at radius 2 is 1.83 bits per heavy atom. The number of thiocarbonyl (C=S) groups is 1. The van der Waals surface area contributed by atoms with E-state index in [-0.39, 0.29) is 24.4 Å². The molecule has 1 N–H and O–H groups in total. The SMILES string of the molecule is C=CCNC(=S)N1CCN(CCCCCCC2=C(C)C(=O)N(c3ccc4c(c3)COC4=O)C2=O)CC1. The molecule has 3 heterocycles. The van der Waals surface area contributed by atoms with Gasteiger partial charge >= 0.3 is 5.97 Å². The maximum absolute atomic E-state index is 13.1. The average molecular weight is 511 g/mol. The molecule has 0 atom stereocenters. The van der Waals surface area contributed by atoms with Gasteiger partial charge in [-0.25, -0.2) is 9.69 Å². The first-order chi connectivity index (χ1) is 17.4. The Hall–Kier alpha value is -3.04. The second-order valence-corrected chi connectivity index (χ2v) is 9.82. The van der Waals surface area contributed by atoms with Crippen LogP contribution in [-0.2, 0) is 20.9 Å². The molecule has 0 radical (unpaired) electrons. The van der Waals surface area contributed by atoms with Crippen LogP contribution in [0.15, 0.2) is 42.0 Å². The summed E-state index contributed by atoms with van der Waals surface area (Å²) in [6, 6.07) is 4.97. The van der Waals surface area contributed by atoms with Gasteiger partial charge in [0.05, 0.1) is 11.3 Å². The lowest BCUT2D eigenvalue weighted by atomic mass is 10.0. The summed E-state index contributed by atoms with van der Waals surface area (Å²) in [5, 5.41) is 3.99. The van der Waals surface area contributed by atoms with Gasteiger partial charge in [0.25, 0.3) is 11.8 Å². The number of nitrogens with one attached hydrogen (secondary N) is 1. The first kappa shape index (κ1) is 26.0. The van der Waals surface area contributed by atoms with Gasteiger partial charge in [-0.1, -0.05) is 18.9 Å². The topological polar surface area (TPSA) is 82.2 Å². The van der Waals surface area contributed by atoms with Crippen molar-refractivity contribution in [3.63, 3.8) is 0 Å². The van der Waals surface area contributed by atoms with E-state index < -0.39 is 0 Å². The fraction of sp³-hybridized carbons (Fsp3) is 0.481. The number of benzene rings is 1. The first-order valence-electron chi connectivity index (χ1n) is 12.7. The van der Waals surface area contributed by atoms with Gasteiger partial charge in [0.15, 0.2) is 5.11 Å². The summed E-state index contributed by atoms with van der Waals surface area (Å²) >= 11 is 5.42. The van der Waals surface area contributed by atoms with Crippen molar-refractivity contribution < 1.29 is 19.1 Å². The van der Waals surface area contributed by atoms with Crippen molar-refractivity contribution in [3.05, 3.63) is 53.1 Å². The molecule has 36 heavy (non-hydrogen) atoms. The lowest BCUT2D eigenvalue weighted by Crippen LogP contribution is -2.51. The van der Waals surface area contributed by atoms with E-state index in [0.717, 1.165) is 63.5 Å². The molecule has 1 aromatic rings. The number of hydrogen-bond donors (Lipinski definition) is 1. The third-order valence-corrected chi connectivity index (χ3v) is 7.47. The number of rotatable bonds is 10. The summed E-state index contributed by atoms with van der Waals surface area (Å²) in [5.41, 5.74) is 2.82. The molecular weight excluding hydrogens is 476 g/mol. The van der Waals surface area contributed by atoms with Crippen molar-refractivity contribution in [2.24, 2.45) is 0 Å². The minimum atomic E-state index is -0.367. The molecule has 1 fully saturated rings. The summed E-state index contributed by atoms with van der Waals surface area (Å²) in [5.74, 6) is -0.895. The normalized spacial score (nSPS) is 18.1. The van der Waals surface area contributed by atoms with Crippen LogP contribution in [0.3, 0.4) is 0 Å². The van der Waals surface area contributed by atoms with Crippen LogP contribution in [0.1, 0.15) is 54.9 Å². The molecule has 8 nitrogen and oxygen atoms in total. The monoisotopic (exact) mass is 510 g/mol. The van der Waals surface area contributed by atoms with Gasteiger partial charge in [0.2, 0.25) is 0 Å². The second-order valence-electron chi connectivity index (χ2n) is 9.43. The van der Waals surface area contributed by atoms with Gasteiger partial charge in [-0.3, -0.25) is 14.5 Å². The summed E-state index contributed by atoms with van der Waals surface area (Å²) in [4.78, 5) is 43.5. The summed E-state index contributed by atoms with van der Waals surface area (Å²) in [7, 11) is 0. The van der Waals surface area contributed by atoms with Crippen LogP contribution in [0.5, 0.6) is 0 Å². The highest BCUT2D eigenvalue weighted by Crippen LogP contribution is 2.32. The van der Waals surface area contributed by atoms with Crippen LogP contribution in [0.25, 0.3) is 0 Å². The summed E-state index contributed by atoms with van der Waals surface area (Å²) in [6.07, 6.45) is 6.52. The summed E-state index contributed by atoms with van der Waals surface area (Å²) in [6.45, 7) is 11.3. The lowest BCUT2D eigenvalue weighted by Gasteiger charge is -2.36. The van der Waals surface area contributed by atoms with Gasteiger partial charge in [-0.2, -0.15) is 0 Å². The van der Waals surface area contributed by atoms with Crippen molar-refractivity contribution in [2.45, 2.75) is 45.6 Å².